The van der Waals surface area contributed by atoms with Gasteiger partial charge < -0.3 is 9.47 Å². The summed E-state index contributed by atoms with van der Waals surface area (Å²) in [6.45, 7) is 10.1. The van der Waals surface area contributed by atoms with Gasteiger partial charge >= 0.3 is 5.97 Å². The molecule has 23 heavy (non-hydrogen) atoms. The van der Waals surface area contributed by atoms with Gasteiger partial charge in [0.15, 0.2) is 0 Å². The van der Waals surface area contributed by atoms with E-state index in [9.17, 15) is 9.59 Å². The minimum atomic E-state index is -1.46. The van der Waals surface area contributed by atoms with Crippen LogP contribution in [-0.4, -0.2) is 48.0 Å². The molecule has 1 aliphatic heterocycles. The molecule has 0 aliphatic carbocycles. The fraction of sp³-hybridized carbons (Fsp3) is 0.750. The second kappa shape index (κ2) is 8.54. The average Bonchev–Trinajstić information content (AvgIpc) is 2.83. The van der Waals surface area contributed by atoms with Crippen molar-refractivity contribution >= 4 is 11.8 Å². The van der Waals surface area contributed by atoms with Gasteiger partial charge in [-0.1, -0.05) is 6.92 Å². The molecule has 0 bridgehead atoms. The fourth-order valence-electron chi connectivity index (χ4n) is 1.85. The molecule has 0 spiro atoms. The Morgan fingerprint density at radius 2 is 1.48 bits per heavy atom. The maximum atomic E-state index is 11.6. The van der Waals surface area contributed by atoms with Crippen LogP contribution in [0.1, 0.15) is 47.5 Å². The third kappa shape index (κ3) is 5.69. The number of carbonyl (C=O) groups is 2. The standard InChI is InChI=1S/C16H27NO6/c1-6-15(4,5)22-23-16(20-7-2,21-8-3)11-12-17-13(18)9-10-14(17)19/h9-10H,6-8,11-12H2,1-5H3. The maximum absolute atomic E-state index is 11.6. The van der Waals surface area contributed by atoms with Crippen molar-refractivity contribution in [2.24, 2.45) is 0 Å². The zero-order valence-corrected chi connectivity index (χ0v) is 14.6. The molecular weight excluding hydrogens is 302 g/mol. The summed E-state index contributed by atoms with van der Waals surface area (Å²) in [4.78, 5) is 35.3. The molecule has 0 unspecified atom stereocenters. The van der Waals surface area contributed by atoms with Gasteiger partial charge in [-0.25, -0.2) is 4.89 Å². The van der Waals surface area contributed by atoms with Gasteiger partial charge in [-0.2, -0.15) is 4.89 Å². The van der Waals surface area contributed by atoms with Gasteiger partial charge in [0.05, 0.1) is 12.0 Å². The van der Waals surface area contributed by atoms with E-state index < -0.39 is 11.6 Å². The summed E-state index contributed by atoms with van der Waals surface area (Å²) in [6.07, 6.45) is 3.35. The van der Waals surface area contributed by atoms with E-state index in [-0.39, 0.29) is 24.8 Å². The van der Waals surface area contributed by atoms with Gasteiger partial charge in [0.1, 0.15) is 0 Å². The van der Waals surface area contributed by atoms with Gasteiger partial charge in [0.2, 0.25) is 0 Å². The maximum Gasteiger partial charge on any atom is 0.313 e. The van der Waals surface area contributed by atoms with Crippen LogP contribution in [0.5, 0.6) is 0 Å². The lowest BCUT2D eigenvalue weighted by Crippen LogP contribution is -2.45. The third-order valence-electron chi connectivity index (χ3n) is 3.52. The van der Waals surface area contributed by atoms with E-state index in [1.165, 1.54) is 12.2 Å². The van der Waals surface area contributed by atoms with E-state index in [1.807, 2.05) is 20.8 Å². The summed E-state index contributed by atoms with van der Waals surface area (Å²) < 4.78 is 11.2. The van der Waals surface area contributed by atoms with Gasteiger partial charge in [-0.3, -0.25) is 14.5 Å². The third-order valence-corrected chi connectivity index (χ3v) is 3.52. The van der Waals surface area contributed by atoms with Gasteiger partial charge in [-0.15, -0.1) is 0 Å². The summed E-state index contributed by atoms with van der Waals surface area (Å²) >= 11 is 0. The number of nitrogens with zero attached hydrogens (tertiary/aromatic N) is 1. The first-order valence-electron chi connectivity index (χ1n) is 7.97. The minimum Gasteiger partial charge on any atom is -0.326 e. The van der Waals surface area contributed by atoms with Crippen molar-refractivity contribution in [1.29, 1.82) is 0 Å². The lowest BCUT2D eigenvalue weighted by molar-refractivity contribution is -0.529. The molecule has 0 aromatic rings. The molecule has 132 valence electrons. The Balaban J connectivity index is 2.77. The molecule has 0 aromatic carbocycles. The van der Waals surface area contributed by atoms with Crippen LogP contribution >= 0.6 is 0 Å². The smallest absolute Gasteiger partial charge is 0.313 e. The molecule has 0 atom stereocenters. The number of carbonyl (C=O) groups excluding carboxylic acids is 2. The highest BCUT2D eigenvalue weighted by molar-refractivity contribution is 6.12. The molecular formula is C16H27NO6. The summed E-state index contributed by atoms with van der Waals surface area (Å²) in [5.74, 6) is -2.17. The highest BCUT2D eigenvalue weighted by Gasteiger charge is 2.38. The minimum absolute atomic E-state index is 0.112. The van der Waals surface area contributed by atoms with Crippen LogP contribution in [0.2, 0.25) is 0 Å². The Morgan fingerprint density at radius 1 is 0.957 bits per heavy atom. The summed E-state index contributed by atoms with van der Waals surface area (Å²) in [7, 11) is 0. The van der Waals surface area contributed by atoms with E-state index in [2.05, 4.69) is 0 Å². The van der Waals surface area contributed by atoms with Crippen molar-refractivity contribution in [2.75, 3.05) is 19.8 Å². The predicted octanol–water partition coefficient (Wildman–Crippen LogP) is 2.17. The molecule has 1 rings (SSSR count). The molecule has 0 radical (unpaired) electrons. The highest BCUT2D eigenvalue weighted by atomic mass is 17.3. The second-order valence-electron chi connectivity index (χ2n) is 5.74. The summed E-state index contributed by atoms with van der Waals surface area (Å²) in [5.41, 5.74) is -0.514. The highest BCUT2D eigenvalue weighted by Crippen LogP contribution is 2.26. The Morgan fingerprint density at radius 3 is 1.91 bits per heavy atom. The predicted molar refractivity (Wildman–Crippen MR) is 83.0 cm³/mol. The lowest BCUT2D eigenvalue weighted by Gasteiger charge is -2.35. The SMILES string of the molecule is CCOC(CCN1C(=O)C=CC1=O)(OCC)OOC(C)(C)CC. The van der Waals surface area contributed by atoms with E-state index in [0.29, 0.717) is 13.2 Å². The zero-order chi connectivity index (χ0) is 17.5. The molecule has 2 amide bonds. The topological polar surface area (TPSA) is 74.3 Å². The van der Waals surface area contributed by atoms with Crippen LogP contribution in [-0.2, 0) is 28.8 Å². The van der Waals surface area contributed by atoms with Crippen molar-refractivity contribution in [1.82, 2.24) is 4.90 Å². The van der Waals surface area contributed by atoms with Crippen molar-refractivity contribution < 1.29 is 28.8 Å². The van der Waals surface area contributed by atoms with Crippen LogP contribution in [0, 0.1) is 0 Å². The van der Waals surface area contributed by atoms with Crippen LogP contribution in [0.25, 0.3) is 0 Å². The molecule has 1 heterocycles. The molecule has 0 saturated heterocycles. The number of rotatable bonds is 11. The molecule has 0 N–H and O–H groups in total. The average molecular weight is 329 g/mol. The van der Waals surface area contributed by atoms with E-state index in [4.69, 9.17) is 19.2 Å². The van der Waals surface area contributed by atoms with Crippen LogP contribution < -0.4 is 0 Å². The largest absolute Gasteiger partial charge is 0.326 e. The lowest BCUT2D eigenvalue weighted by atomic mass is 10.1. The van der Waals surface area contributed by atoms with Gasteiger partial charge in [-0.05, 0) is 34.1 Å². The van der Waals surface area contributed by atoms with E-state index in [0.717, 1.165) is 11.3 Å². The Labute approximate surface area is 137 Å². The molecule has 1 aliphatic rings. The van der Waals surface area contributed by atoms with Gasteiger partial charge in [0, 0.05) is 31.9 Å². The Kier molecular flexibility index (Phi) is 7.34. The number of ether oxygens (including phenoxy) is 2. The Hall–Kier alpha value is -1.28. The number of hydrogen-bond acceptors (Lipinski definition) is 6. The molecule has 0 aromatic heterocycles. The van der Waals surface area contributed by atoms with Gasteiger partial charge in [0.25, 0.3) is 11.8 Å². The van der Waals surface area contributed by atoms with Crippen LogP contribution in [0.15, 0.2) is 12.2 Å². The van der Waals surface area contributed by atoms with Crippen LogP contribution in [0.4, 0.5) is 0 Å². The zero-order valence-electron chi connectivity index (χ0n) is 14.6. The molecule has 0 fully saturated rings. The van der Waals surface area contributed by atoms with E-state index in [1.54, 1.807) is 13.8 Å². The first-order valence-corrected chi connectivity index (χ1v) is 7.97. The molecule has 7 nitrogen and oxygen atoms in total. The Bertz CT molecular complexity index is 422. The monoisotopic (exact) mass is 329 g/mol. The van der Waals surface area contributed by atoms with Crippen molar-refractivity contribution in [3.05, 3.63) is 12.2 Å². The van der Waals surface area contributed by atoms with Crippen molar-refractivity contribution in [3.8, 4) is 0 Å². The summed E-state index contributed by atoms with van der Waals surface area (Å²) in [6, 6.07) is 0. The summed E-state index contributed by atoms with van der Waals surface area (Å²) in [5, 5.41) is 0. The molecule has 0 saturated carbocycles. The number of imide groups is 1. The second-order valence-corrected chi connectivity index (χ2v) is 5.74. The fourth-order valence-corrected chi connectivity index (χ4v) is 1.85. The van der Waals surface area contributed by atoms with Crippen molar-refractivity contribution in [2.45, 2.75) is 59.0 Å². The van der Waals surface area contributed by atoms with E-state index >= 15 is 0 Å². The van der Waals surface area contributed by atoms with Crippen LogP contribution in [0.3, 0.4) is 0 Å². The number of hydrogen-bond donors (Lipinski definition) is 0. The first kappa shape index (κ1) is 19.8. The number of amides is 2. The molecule has 7 heteroatoms. The first-order chi connectivity index (χ1) is 10.8. The quantitative estimate of drug-likeness (QED) is 0.250. The normalized spacial score (nSPS) is 15.8. The van der Waals surface area contributed by atoms with Crippen molar-refractivity contribution in [3.63, 3.8) is 0 Å².